The van der Waals surface area contributed by atoms with Gasteiger partial charge in [0.2, 0.25) is 5.90 Å². The Kier molecular flexibility index (Phi) is 1.51. The zero-order valence-electron chi connectivity index (χ0n) is 4.50. The van der Waals surface area contributed by atoms with Crippen LogP contribution in [0.15, 0.2) is 17.4 Å². The molecular formula is C5H8N2O. The van der Waals surface area contributed by atoms with Gasteiger partial charge in [-0.2, -0.15) is 0 Å². The van der Waals surface area contributed by atoms with E-state index in [4.69, 9.17) is 10.6 Å². The molecule has 0 aromatic rings. The molecule has 0 radical (unpaired) electrons. The maximum atomic E-state index is 4.93. The maximum Gasteiger partial charge on any atom is 0.211 e. The van der Waals surface area contributed by atoms with Crippen LogP contribution in [0.4, 0.5) is 0 Å². The van der Waals surface area contributed by atoms with E-state index < -0.39 is 0 Å². The van der Waals surface area contributed by atoms with Crippen LogP contribution in [0.2, 0.25) is 0 Å². The largest absolute Gasteiger partial charge is 0.449 e. The van der Waals surface area contributed by atoms with Crippen LogP contribution in [0.1, 0.15) is 12.8 Å². The molecule has 0 aliphatic carbocycles. The number of allylic oxidation sites excluding steroid dienone is 1. The number of hydrogen-bond donors (Lipinski definition) is 1. The van der Waals surface area contributed by atoms with E-state index in [-0.39, 0.29) is 0 Å². The molecule has 0 amide bonds. The van der Waals surface area contributed by atoms with Gasteiger partial charge in [-0.05, 0) is 12.5 Å². The van der Waals surface area contributed by atoms with Crippen molar-refractivity contribution < 1.29 is 4.74 Å². The summed E-state index contributed by atoms with van der Waals surface area (Å²) >= 11 is 0. The van der Waals surface area contributed by atoms with Gasteiger partial charge in [0.15, 0.2) is 0 Å². The Balaban J connectivity index is 2.50. The Morgan fingerprint density at radius 3 is 3.00 bits per heavy atom. The molecule has 44 valence electrons. The van der Waals surface area contributed by atoms with E-state index in [1.807, 2.05) is 6.08 Å². The van der Waals surface area contributed by atoms with Crippen molar-refractivity contribution in [2.24, 2.45) is 10.9 Å². The summed E-state index contributed by atoms with van der Waals surface area (Å²) in [5.74, 6) is 5.55. The monoisotopic (exact) mass is 112 g/mol. The molecule has 0 atom stereocenters. The van der Waals surface area contributed by atoms with Crippen molar-refractivity contribution >= 4 is 5.90 Å². The van der Waals surface area contributed by atoms with Gasteiger partial charge < -0.3 is 10.6 Å². The van der Waals surface area contributed by atoms with Gasteiger partial charge in [0.1, 0.15) is 0 Å². The van der Waals surface area contributed by atoms with Gasteiger partial charge >= 0.3 is 0 Å². The lowest BCUT2D eigenvalue weighted by Gasteiger charge is -2.05. The smallest absolute Gasteiger partial charge is 0.211 e. The van der Waals surface area contributed by atoms with Crippen molar-refractivity contribution in [1.29, 1.82) is 0 Å². The molecule has 0 unspecified atom stereocenters. The van der Waals surface area contributed by atoms with Gasteiger partial charge in [-0.1, -0.05) is 0 Å². The van der Waals surface area contributed by atoms with E-state index in [9.17, 15) is 0 Å². The van der Waals surface area contributed by atoms with E-state index in [0.717, 1.165) is 12.8 Å². The van der Waals surface area contributed by atoms with Crippen LogP contribution in [0.25, 0.3) is 0 Å². The minimum Gasteiger partial charge on any atom is -0.449 e. The van der Waals surface area contributed by atoms with E-state index in [0.29, 0.717) is 5.90 Å². The molecule has 0 saturated carbocycles. The second-order valence-corrected chi connectivity index (χ2v) is 1.55. The average molecular weight is 112 g/mol. The highest BCUT2D eigenvalue weighted by Gasteiger charge is 1.99. The average Bonchev–Trinajstić information content (AvgIpc) is 1.90. The van der Waals surface area contributed by atoms with Crippen molar-refractivity contribution in [3.8, 4) is 0 Å². The molecule has 3 heteroatoms. The highest BCUT2D eigenvalue weighted by atomic mass is 16.5. The number of hydrazone groups is 1. The fourth-order valence-electron chi connectivity index (χ4n) is 0.555. The fraction of sp³-hybridized carbons (Fsp3) is 0.400. The number of rotatable bonds is 0. The minimum atomic E-state index is 0.618. The molecule has 1 aliphatic heterocycles. The van der Waals surface area contributed by atoms with Crippen LogP contribution in [-0.2, 0) is 4.74 Å². The molecule has 8 heavy (non-hydrogen) atoms. The second kappa shape index (κ2) is 2.35. The van der Waals surface area contributed by atoms with Gasteiger partial charge in [-0.3, -0.25) is 0 Å². The van der Waals surface area contributed by atoms with Crippen molar-refractivity contribution in [1.82, 2.24) is 0 Å². The molecule has 3 nitrogen and oxygen atoms in total. The minimum absolute atomic E-state index is 0.618. The summed E-state index contributed by atoms with van der Waals surface area (Å²) in [6, 6.07) is 0. The summed E-state index contributed by atoms with van der Waals surface area (Å²) in [7, 11) is 0. The van der Waals surface area contributed by atoms with Crippen LogP contribution in [0.5, 0.6) is 0 Å². The lowest BCUT2D eigenvalue weighted by Crippen LogP contribution is -2.06. The third-order valence-corrected chi connectivity index (χ3v) is 0.969. The Labute approximate surface area is 47.8 Å². The molecule has 0 fully saturated rings. The second-order valence-electron chi connectivity index (χ2n) is 1.55. The first-order valence-electron chi connectivity index (χ1n) is 2.52. The van der Waals surface area contributed by atoms with Gasteiger partial charge in [-0.25, -0.2) is 0 Å². The normalized spacial score (nSPS) is 23.2. The summed E-state index contributed by atoms with van der Waals surface area (Å²) in [5.41, 5.74) is 0. The number of nitrogens with two attached hydrogens (primary N) is 1. The lowest BCUT2D eigenvalue weighted by molar-refractivity contribution is 0.438. The molecule has 0 spiro atoms. The van der Waals surface area contributed by atoms with Crippen LogP contribution < -0.4 is 5.84 Å². The first kappa shape index (κ1) is 5.15. The molecule has 0 aromatic carbocycles. The summed E-state index contributed by atoms with van der Waals surface area (Å²) in [5, 5.41) is 3.39. The molecule has 1 heterocycles. The molecule has 2 N–H and O–H groups in total. The van der Waals surface area contributed by atoms with E-state index >= 15 is 0 Å². The summed E-state index contributed by atoms with van der Waals surface area (Å²) in [4.78, 5) is 0. The van der Waals surface area contributed by atoms with Gasteiger partial charge in [0.05, 0.1) is 6.26 Å². The van der Waals surface area contributed by atoms with Gasteiger partial charge in [0, 0.05) is 6.42 Å². The van der Waals surface area contributed by atoms with Gasteiger partial charge in [-0.15, -0.1) is 5.10 Å². The predicted molar refractivity (Wildman–Crippen MR) is 31.1 cm³/mol. The molecule has 0 bridgehead atoms. The summed E-state index contributed by atoms with van der Waals surface area (Å²) in [6.45, 7) is 0. The third-order valence-electron chi connectivity index (χ3n) is 0.969. The Morgan fingerprint density at radius 1 is 1.75 bits per heavy atom. The first-order valence-corrected chi connectivity index (χ1v) is 2.52. The quantitative estimate of drug-likeness (QED) is 0.368. The van der Waals surface area contributed by atoms with Gasteiger partial charge in [0.25, 0.3) is 0 Å². The van der Waals surface area contributed by atoms with Crippen LogP contribution in [-0.4, -0.2) is 5.90 Å². The lowest BCUT2D eigenvalue weighted by atomic mass is 10.3. The number of ether oxygens (including phenoxy) is 1. The third kappa shape index (κ3) is 0.992. The molecule has 0 aromatic heterocycles. The molecule has 0 saturated heterocycles. The Morgan fingerprint density at radius 2 is 2.62 bits per heavy atom. The van der Waals surface area contributed by atoms with E-state index in [2.05, 4.69) is 5.10 Å². The standard InChI is InChI=1S/C5H8N2O/c6-7-5-3-1-2-4-8-5/h2,4H,1,3,6H2. The van der Waals surface area contributed by atoms with Crippen molar-refractivity contribution in [2.75, 3.05) is 0 Å². The highest BCUT2D eigenvalue weighted by molar-refractivity contribution is 5.77. The topological polar surface area (TPSA) is 47.6 Å². The SMILES string of the molecule is NN=C1CCC=CO1. The summed E-state index contributed by atoms with van der Waals surface area (Å²) in [6.07, 6.45) is 5.35. The fourth-order valence-corrected chi connectivity index (χ4v) is 0.555. The highest BCUT2D eigenvalue weighted by Crippen LogP contribution is 2.02. The van der Waals surface area contributed by atoms with Crippen molar-refractivity contribution in [3.05, 3.63) is 12.3 Å². The van der Waals surface area contributed by atoms with Crippen LogP contribution >= 0.6 is 0 Å². The van der Waals surface area contributed by atoms with Crippen LogP contribution in [0.3, 0.4) is 0 Å². The zero-order valence-corrected chi connectivity index (χ0v) is 4.50. The first-order chi connectivity index (χ1) is 3.93. The molecule has 1 aliphatic rings. The van der Waals surface area contributed by atoms with Crippen molar-refractivity contribution in [2.45, 2.75) is 12.8 Å². The van der Waals surface area contributed by atoms with Crippen LogP contribution in [0, 0.1) is 0 Å². The molecular weight excluding hydrogens is 104 g/mol. The number of hydrogen-bond acceptors (Lipinski definition) is 3. The van der Waals surface area contributed by atoms with E-state index in [1.165, 1.54) is 0 Å². The zero-order chi connectivity index (χ0) is 5.82. The summed E-state index contributed by atoms with van der Waals surface area (Å²) < 4.78 is 4.87. The van der Waals surface area contributed by atoms with Crippen molar-refractivity contribution in [3.63, 3.8) is 0 Å². The number of nitrogens with zero attached hydrogens (tertiary/aromatic N) is 1. The maximum absolute atomic E-state index is 4.93. The Bertz CT molecular complexity index is 128. The molecule has 1 rings (SSSR count). The predicted octanol–water partition coefficient (Wildman–Crippen LogP) is 0.583. The Hall–Kier alpha value is -0.990. The van der Waals surface area contributed by atoms with E-state index in [1.54, 1.807) is 6.26 Å².